The number of carbonyl (C=O) groups is 1. The van der Waals surface area contributed by atoms with Crippen LogP contribution in [0.2, 0.25) is 0 Å². The van der Waals surface area contributed by atoms with Gasteiger partial charge in [-0.2, -0.15) is 4.31 Å². The van der Waals surface area contributed by atoms with Crippen LogP contribution in [0, 0.1) is 0 Å². The maximum atomic E-state index is 11.8. The lowest BCUT2D eigenvalue weighted by molar-refractivity contribution is -0.132. The van der Waals surface area contributed by atoms with Crippen LogP contribution < -0.4 is 0 Å². The van der Waals surface area contributed by atoms with E-state index in [4.69, 9.17) is 0 Å². The minimum Gasteiger partial charge on any atom is -0.342 e. The molecular weight excluding hydrogens is 228 g/mol. The number of carbonyl (C=O) groups excluding carboxylic acids is 1. The maximum absolute atomic E-state index is 11.8. The van der Waals surface area contributed by atoms with Crippen molar-refractivity contribution in [2.45, 2.75) is 26.2 Å². The van der Waals surface area contributed by atoms with Crippen LogP contribution in [0.4, 0.5) is 0 Å². The van der Waals surface area contributed by atoms with Crippen LogP contribution in [0.1, 0.15) is 26.2 Å². The van der Waals surface area contributed by atoms with E-state index in [2.05, 4.69) is 0 Å². The summed E-state index contributed by atoms with van der Waals surface area (Å²) >= 11 is 0. The fourth-order valence-corrected chi connectivity index (χ4v) is 2.50. The van der Waals surface area contributed by atoms with Crippen molar-refractivity contribution in [3.8, 4) is 0 Å². The molecule has 0 bridgehead atoms. The van der Waals surface area contributed by atoms with Gasteiger partial charge in [-0.15, -0.1) is 0 Å². The number of likely N-dealkylation sites (tertiary alicyclic amines) is 1. The highest BCUT2D eigenvalue weighted by Gasteiger charge is 2.22. The second kappa shape index (κ2) is 5.63. The lowest BCUT2D eigenvalue weighted by atomic mass is 10.1. The third-order valence-electron chi connectivity index (χ3n) is 2.91. The number of hydrogen-bond donors (Lipinski definition) is 0. The summed E-state index contributed by atoms with van der Waals surface area (Å²) < 4.78 is 24.1. The summed E-state index contributed by atoms with van der Waals surface area (Å²) in [5.41, 5.74) is 0. The smallest absolute Gasteiger partial charge is 0.237 e. The van der Waals surface area contributed by atoms with E-state index in [1.54, 1.807) is 11.8 Å². The number of amides is 1. The molecule has 1 amide bonds. The predicted octanol–water partition coefficient (Wildman–Crippen LogP) is 0.280. The molecule has 1 aliphatic heterocycles. The SMILES string of the molecule is CCS(=O)(=O)N(C)CC(=O)N1CCCCC1. The normalized spacial score (nSPS) is 17.8. The Balaban J connectivity index is 2.50. The Bertz CT molecular complexity index is 334. The Kier molecular flexibility index (Phi) is 4.73. The molecule has 1 rings (SSSR count). The fourth-order valence-electron chi connectivity index (χ4n) is 1.75. The van der Waals surface area contributed by atoms with Crippen LogP contribution in [0.3, 0.4) is 0 Å². The highest BCUT2D eigenvalue weighted by Crippen LogP contribution is 2.09. The molecule has 5 nitrogen and oxygen atoms in total. The van der Waals surface area contributed by atoms with Gasteiger partial charge in [0.05, 0.1) is 12.3 Å². The van der Waals surface area contributed by atoms with Crippen molar-refractivity contribution in [2.24, 2.45) is 0 Å². The average Bonchev–Trinajstić information content (AvgIpc) is 2.30. The summed E-state index contributed by atoms with van der Waals surface area (Å²) in [7, 11) is -1.79. The Morgan fingerprint density at radius 3 is 2.31 bits per heavy atom. The van der Waals surface area contributed by atoms with Crippen molar-refractivity contribution in [1.82, 2.24) is 9.21 Å². The van der Waals surface area contributed by atoms with Crippen molar-refractivity contribution in [3.05, 3.63) is 0 Å². The van der Waals surface area contributed by atoms with Gasteiger partial charge in [0.2, 0.25) is 15.9 Å². The first-order chi connectivity index (χ1) is 7.47. The standard InChI is InChI=1S/C10H20N2O3S/c1-3-16(14,15)11(2)9-10(13)12-7-5-4-6-8-12/h3-9H2,1-2H3. The van der Waals surface area contributed by atoms with Crippen LogP contribution in [-0.4, -0.2) is 56.0 Å². The highest BCUT2D eigenvalue weighted by atomic mass is 32.2. The Morgan fingerprint density at radius 2 is 1.81 bits per heavy atom. The quantitative estimate of drug-likeness (QED) is 0.718. The first-order valence-electron chi connectivity index (χ1n) is 5.69. The molecule has 0 N–H and O–H groups in total. The van der Waals surface area contributed by atoms with Crippen LogP contribution >= 0.6 is 0 Å². The maximum Gasteiger partial charge on any atom is 0.237 e. The van der Waals surface area contributed by atoms with Gasteiger partial charge in [0.25, 0.3) is 0 Å². The van der Waals surface area contributed by atoms with Gasteiger partial charge in [-0.3, -0.25) is 4.79 Å². The predicted molar refractivity (Wildman–Crippen MR) is 62.5 cm³/mol. The van der Waals surface area contributed by atoms with Crippen LogP contribution in [0.25, 0.3) is 0 Å². The molecule has 0 saturated carbocycles. The van der Waals surface area contributed by atoms with Crippen molar-refractivity contribution < 1.29 is 13.2 Å². The lowest BCUT2D eigenvalue weighted by Gasteiger charge is -2.28. The van der Waals surface area contributed by atoms with Gasteiger partial charge in [0, 0.05) is 20.1 Å². The molecule has 0 unspecified atom stereocenters. The molecule has 0 aromatic carbocycles. The largest absolute Gasteiger partial charge is 0.342 e. The molecule has 1 aliphatic rings. The molecule has 1 heterocycles. The minimum absolute atomic E-state index is 0.0316. The molecule has 16 heavy (non-hydrogen) atoms. The van der Waals surface area contributed by atoms with Crippen molar-refractivity contribution >= 4 is 15.9 Å². The molecule has 0 spiro atoms. The van der Waals surface area contributed by atoms with Crippen LogP contribution in [0.5, 0.6) is 0 Å². The highest BCUT2D eigenvalue weighted by molar-refractivity contribution is 7.89. The second-order valence-electron chi connectivity index (χ2n) is 4.10. The van der Waals surface area contributed by atoms with E-state index in [0.29, 0.717) is 0 Å². The van der Waals surface area contributed by atoms with Crippen LogP contribution in [0.15, 0.2) is 0 Å². The summed E-state index contributed by atoms with van der Waals surface area (Å²) in [6, 6.07) is 0. The minimum atomic E-state index is -3.25. The molecule has 1 saturated heterocycles. The number of sulfonamides is 1. The summed E-state index contributed by atoms with van der Waals surface area (Å²) in [6.45, 7) is 3.07. The number of rotatable bonds is 4. The van der Waals surface area contributed by atoms with E-state index in [0.717, 1.165) is 36.7 Å². The zero-order chi connectivity index (χ0) is 12.2. The molecule has 0 radical (unpaired) electrons. The molecular formula is C10H20N2O3S. The Labute approximate surface area is 97.5 Å². The summed E-state index contributed by atoms with van der Waals surface area (Å²) in [4.78, 5) is 13.5. The van der Waals surface area contributed by atoms with Gasteiger partial charge in [-0.25, -0.2) is 8.42 Å². The third kappa shape index (κ3) is 3.45. The summed E-state index contributed by atoms with van der Waals surface area (Å²) in [6.07, 6.45) is 3.21. The lowest BCUT2D eigenvalue weighted by Crippen LogP contribution is -2.43. The molecule has 0 aromatic rings. The monoisotopic (exact) mass is 248 g/mol. The molecule has 6 heteroatoms. The van der Waals surface area contributed by atoms with Gasteiger partial charge in [-0.1, -0.05) is 0 Å². The molecule has 94 valence electrons. The number of hydrogen-bond acceptors (Lipinski definition) is 3. The van der Waals surface area contributed by atoms with E-state index in [-0.39, 0.29) is 18.2 Å². The van der Waals surface area contributed by atoms with Crippen LogP contribution in [-0.2, 0) is 14.8 Å². The van der Waals surface area contributed by atoms with E-state index in [1.807, 2.05) is 0 Å². The van der Waals surface area contributed by atoms with E-state index in [1.165, 1.54) is 7.05 Å². The van der Waals surface area contributed by atoms with Gasteiger partial charge in [-0.05, 0) is 26.2 Å². The zero-order valence-electron chi connectivity index (χ0n) is 9.98. The number of nitrogens with zero attached hydrogens (tertiary/aromatic N) is 2. The summed E-state index contributed by atoms with van der Waals surface area (Å²) in [5.74, 6) is -0.0456. The van der Waals surface area contributed by atoms with Crippen molar-refractivity contribution in [1.29, 1.82) is 0 Å². The van der Waals surface area contributed by atoms with Crippen molar-refractivity contribution in [3.63, 3.8) is 0 Å². The Morgan fingerprint density at radius 1 is 1.25 bits per heavy atom. The molecule has 0 atom stereocenters. The summed E-state index contributed by atoms with van der Waals surface area (Å²) in [5, 5.41) is 0. The van der Waals surface area contributed by atoms with Gasteiger partial charge in [0.1, 0.15) is 0 Å². The second-order valence-corrected chi connectivity index (χ2v) is 6.46. The van der Waals surface area contributed by atoms with E-state index in [9.17, 15) is 13.2 Å². The van der Waals surface area contributed by atoms with E-state index >= 15 is 0 Å². The Hall–Kier alpha value is -0.620. The number of likely N-dealkylation sites (N-methyl/N-ethyl adjacent to an activating group) is 1. The van der Waals surface area contributed by atoms with Crippen molar-refractivity contribution in [2.75, 3.05) is 32.4 Å². The first kappa shape index (κ1) is 13.4. The van der Waals surface area contributed by atoms with Gasteiger partial charge < -0.3 is 4.90 Å². The average molecular weight is 248 g/mol. The first-order valence-corrected chi connectivity index (χ1v) is 7.30. The number of piperidine rings is 1. The molecule has 0 aliphatic carbocycles. The third-order valence-corrected chi connectivity index (χ3v) is 4.71. The van der Waals surface area contributed by atoms with Gasteiger partial charge in [0.15, 0.2) is 0 Å². The van der Waals surface area contributed by atoms with E-state index < -0.39 is 10.0 Å². The molecule has 1 fully saturated rings. The van der Waals surface area contributed by atoms with Gasteiger partial charge >= 0.3 is 0 Å². The zero-order valence-corrected chi connectivity index (χ0v) is 10.8. The fraction of sp³-hybridized carbons (Fsp3) is 0.900. The molecule has 0 aromatic heterocycles. The topological polar surface area (TPSA) is 57.7 Å².